The predicted molar refractivity (Wildman–Crippen MR) is 77.4 cm³/mol. The van der Waals surface area contributed by atoms with Crippen molar-refractivity contribution in [1.82, 2.24) is 15.0 Å². The zero-order valence-electron chi connectivity index (χ0n) is 11.9. The van der Waals surface area contributed by atoms with E-state index in [1.807, 2.05) is 35.2 Å². The van der Waals surface area contributed by atoms with Crippen LogP contribution in [0.25, 0.3) is 0 Å². The van der Waals surface area contributed by atoms with Gasteiger partial charge in [0, 0.05) is 6.54 Å². The Labute approximate surface area is 124 Å². The average molecular weight is 285 g/mol. The summed E-state index contributed by atoms with van der Waals surface area (Å²) in [6.45, 7) is 0.769. The van der Waals surface area contributed by atoms with Crippen molar-refractivity contribution in [2.75, 3.05) is 6.54 Å². The van der Waals surface area contributed by atoms with Crippen LogP contribution < -0.4 is 0 Å². The number of carbonyl (C=O) groups excluding carboxylic acids is 1. The molecule has 1 aliphatic rings. The van der Waals surface area contributed by atoms with E-state index >= 15 is 0 Å². The van der Waals surface area contributed by atoms with Crippen molar-refractivity contribution in [1.29, 1.82) is 0 Å². The maximum atomic E-state index is 12.7. The van der Waals surface area contributed by atoms with Gasteiger partial charge in [0.05, 0.1) is 12.5 Å². The first-order valence-corrected chi connectivity index (χ1v) is 7.44. The van der Waals surface area contributed by atoms with Crippen molar-refractivity contribution in [3.05, 3.63) is 48.1 Å². The van der Waals surface area contributed by atoms with Gasteiger partial charge in [0.15, 0.2) is 5.82 Å². The number of hydrogen-bond donors (Lipinski definition) is 0. The molecule has 0 aliphatic carbocycles. The summed E-state index contributed by atoms with van der Waals surface area (Å²) in [5.41, 5.74) is 1.04. The zero-order chi connectivity index (χ0) is 14.5. The first-order valence-electron chi connectivity index (χ1n) is 7.44. The standard InChI is InChI=1S/C16H19N3O2/c20-15(11-13-7-3-1-4-8-13)19-10-6-2-5-9-14(19)16-17-12-21-18-16/h1,3-4,7-8,12,14H,2,5-6,9-11H2/t14-/m0/s1. The highest BCUT2D eigenvalue weighted by Gasteiger charge is 2.29. The fourth-order valence-electron chi connectivity index (χ4n) is 2.87. The first kappa shape index (κ1) is 13.8. The largest absolute Gasteiger partial charge is 0.343 e. The number of benzene rings is 1. The van der Waals surface area contributed by atoms with Crippen LogP contribution in [0.4, 0.5) is 0 Å². The molecule has 5 nitrogen and oxygen atoms in total. The summed E-state index contributed by atoms with van der Waals surface area (Å²) < 4.78 is 4.86. The first-order chi connectivity index (χ1) is 10.3. The Balaban J connectivity index is 1.77. The van der Waals surface area contributed by atoms with Gasteiger partial charge in [-0.2, -0.15) is 4.98 Å². The van der Waals surface area contributed by atoms with Crippen LogP contribution in [0, 0.1) is 0 Å². The maximum Gasteiger partial charge on any atom is 0.227 e. The molecule has 1 amide bonds. The Bertz CT molecular complexity index is 568. The van der Waals surface area contributed by atoms with Gasteiger partial charge in [0.2, 0.25) is 12.3 Å². The van der Waals surface area contributed by atoms with Gasteiger partial charge in [-0.3, -0.25) is 4.79 Å². The van der Waals surface area contributed by atoms with E-state index in [0.717, 1.165) is 37.8 Å². The van der Waals surface area contributed by atoms with Crippen molar-refractivity contribution in [3.63, 3.8) is 0 Å². The van der Waals surface area contributed by atoms with Crippen LogP contribution in [0.1, 0.15) is 43.1 Å². The van der Waals surface area contributed by atoms with Gasteiger partial charge >= 0.3 is 0 Å². The summed E-state index contributed by atoms with van der Waals surface area (Å²) >= 11 is 0. The lowest BCUT2D eigenvalue weighted by molar-refractivity contribution is -0.133. The van der Waals surface area contributed by atoms with Crippen LogP contribution in [-0.4, -0.2) is 27.5 Å². The third kappa shape index (κ3) is 3.29. The molecule has 3 rings (SSSR count). The highest BCUT2D eigenvalue weighted by Crippen LogP contribution is 2.28. The quantitative estimate of drug-likeness (QED) is 0.870. The topological polar surface area (TPSA) is 59.2 Å². The minimum absolute atomic E-state index is 0.0533. The Kier molecular flexibility index (Phi) is 4.28. The molecule has 1 saturated heterocycles. The molecule has 2 heterocycles. The number of nitrogens with zero attached hydrogens (tertiary/aromatic N) is 3. The predicted octanol–water partition coefficient (Wildman–Crippen LogP) is 2.76. The van der Waals surface area contributed by atoms with Crippen LogP contribution in [0.5, 0.6) is 0 Å². The molecule has 0 spiro atoms. The van der Waals surface area contributed by atoms with Crippen molar-refractivity contribution in [3.8, 4) is 0 Å². The molecular formula is C16H19N3O2. The van der Waals surface area contributed by atoms with Gasteiger partial charge in [0.1, 0.15) is 0 Å². The molecule has 1 aromatic carbocycles. The lowest BCUT2D eigenvalue weighted by atomic mass is 10.1. The fraction of sp³-hybridized carbons (Fsp3) is 0.438. The van der Waals surface area contributed by atoms with Gasteiger partial charge in [-0.25, -0.2) is 0 Å². The minimum atomic E-state index is -0.0533. The van der Waals surface area contributed by atoms with Gasteiger partial charge in [0.25, 0.3) is 0 Å². The molecule has 0 bridgehead atoms. The van der Waals surface area contributed by atoms with Gasteiger partial charge in [-0.15, -0.1) is 0 Å². The van der Waals surface area contributed by atoms with Gasteiger partial charge in [-0.05, 0) is 18.4 Å². The lowest BCUT2D eigenvalue weighted by Crippen LogP contribution is -2.36. The van der Waals surface area contributed by atoms with Gasteiger partial charge in [-0.1, -0.05) is 48.3 Å². The summed E-state index contributed by atoms with van der Waals surface area (Å²) in [5, 5.41) is 3.94. The molecule has 0 saturated carbocycles. The summed E-state index contributed by atoms with van der Waals surface area (Å²) in [5.74, 6) is 0.760. The number of hydrogen-bond acceptors (Lipinski definition) is 4. The van der Waals surface area contributed by atoms with E-state index < -0.39 is 0 Å². The number of likely N-dealkylation sites (tertiary alicyclic amines) is 1. The summed E-state index contributed by atoms with van der Waals surface area (Å²) in [6.07, 6.45) is 5.93. The second kappa shape index (κ2) is 6.52. The monoisotopic (exact) mass is 285 g/mol. The molecular weight excluding hydrogens is 266 g/mol. The summed E-state index contributed by atoms with van der Waals surface area (Å²) in [4.78, 5) is 18.7. The van der Waals surface area contributed by atoms with Crippen molar-refractivity contribution in [2.24, 2.45) is 0 Å². The SMILES string of the molecule is O=C(Cc1ccccc1)N1CCCCC[C@H]1c1ncon1. The van der Waals surface area contributed by atoms with Crippen LogP contribution in [-0.2, 0) is 11.2 Å². The zero-order valence-corrected chi connectivity index (χ0v) is 11.9. The van der Waals surface area contributed by atoms with Crippen LogP contribution >= 0.6 is 0 Å². The normalized spacial score (nSPS) is 19.2. The molecule has 2 aromatic rings. The Morgan fingerprint density at radius 1 is 1.24 bits per heavy atom. The maximum absolute atomic E-state index is 12.7. The molecule has 0 radical (unpaired) electrons. The highest BCUT2D eigenvalue weighted by atomic mass is 16.5. The van der Waals surface area contributed by atoms with E-state index in [4.69, 9.17) is 4.52 Å². The highest BCUT2D eigenvalue weighted by molar-refractivity contribution is 5.79. The molecule has 1 aromatic heterocycles. The molecule has 1 aliphatic heterocycles. The Morgan fingerprint density at radius 3 is 2.86 bits per heavy atom. The van der Waals surface area contributed by atoms with Gasteiger partial charge < -0.3 is 9.42 Å². The molecule has 110 valence electrons. The van der Waals surface area contributed by atoms with E-state index in [1.165, 1.54) is 6.39 Å². The third-order valence-electron chi connectivity index (χ3n) is 3.95. The number of aromatic nitrogens is 2. The van der Waals surface area contributed by atoms with Crippen molar-refractivity contribution in [2.45, 2.75) is 38.1 Å². The second-order valence-corrected chi connectivity index (χ2v) is 5.40. The number of amides is 1. The van der Waals surface area contributed by atoms with Crippen LogP contribution in [0.15, 0.2) is 41.2 Å². The van der Waals surface area contributed by atoms with Crippen molar-refractivity contribution < 1.29 is 9.32 Å². The number of rotatable bonds is 3. The lowest BCUT2D eigenvalue weighted by Gasteiger charge is -2.28. The Hall–Kier alpha value is -2.17. The third-order valence-corrected chi connectivity index (χ3v) is 3.95. The van der Waals surface area contributed by atoms with Crippen molar-refractivity contribution >= 4 is 5.91 Å². The fourth-order valence-corrected chi connectivity index (χ4v) is 2.87. The molecule has 1 fully saturated rings. The molecule has 21 heavy (non-hydrogen) atoms. The average Bonchev–Trinajstić information content (AvgIpc) is 2.92. The Morgan fingerprint density at radius 2 is 2.10 bits per heavy atom. The molecule has 1 atom stereocenters. The van der Waals surface area contributed by atoms with Crippen LogP contribution in [0.3, 0.4) is 0 Å². The second-order valence-electron chi connectivity index (χ2n) is 5.40. The van der Waals surface area contributed by atoms with E-state index in [0.29, 0.717) is 12.2 Å². The number of carbonyl (C=O) groups is 1. The smallest absolute Gasteiger partial charge is 0.227 e. The van der Waals surface area contributed by atoms with Crippen LogP contribution in [0.2, 0.25) is 0 Å². The summed E-state index contributed by atoms with van der Waals surface area (Å²) in [6, 6.07) is 9.80. The van der Waals surface area contributed by atoms with E-state index in [1.54, 1.807) is 0 Å². The molecule has 5 heteroatoms. The minimum Gasteiger partial charge on any atom is -0.343 e. The molecule has 0 N–H and O–H groups in total. The van der Waals surface area contributed by atoms with E-state index in [9.17, 15) is 4.79 Å². The van der Waals surface area contributed by atoms with E-state index in [-0.39, 0.29) is 11.9 Å². The molecule has 0 unspecified atom stereocenters. The summed E-state index contributed by atoms with van der Waals surface area (Å²) in [7, 11) is 0. The van der Waals surface area contributed by atoms with E-state index in [2.05, 4.69) is 10.1 Å².